The molecule has 7 rings (SSSR count). The lowest BCUT2D eigenvalue weighted by Crippen LogP contribution is -2.40. The van der Waals surface area contributed by atoms with Crippen LogP contribution in [0.1, 0.15) is 54.4 Å². The van der Waals surface area contributed by atoms with E-state index < -0.39 is 0 Å². The molecule has 0 heterocycles. The number of aryl methyl sites for hydroxylation is 2. The maximum atomic E-state index is 6.18. The van der Waals surface area contributed by atoms with Crippen LogP contribution in [0.5, 0.6) is 23.0 Å². The molecule has 3 saturated carbocycles. The fraction of sp³-hybridized carbons (Fsp3) is 0.333. The molecule has 0 aromatic heterocycles. The Balaban J connectivity index is 1.21. The molecule has 2 heteroatoms. The number of benzene rings is 4. The fourth-order valence-electron chi connectivity index (χ4n) is 8.10. The van der Waals surface area contributed by atoms with Crippen LogP contribution in [0.4, 0.5) is 0 Å². The van der Waals surface area contributed by atoms with Gasteiger partial charge in [-0.15, -0.1) is 0 Å². The van der Waals surface area contributed by atoms with Crippen molar-refractivity contribution in [3.05, 3.63) is 119 Å². The third-order valence-electron chi connectivity index (χ3n) is 9.77. The molecule has 4 unspecified atom stereocenters. The summed E-state index contributed by atoms with van der Waals surface area (Å²) in [6, 6.07) is 34.6. The molecule has 4 aromatic rings. The van der Waals surface area contributed by atoms with Crippen molar-refractivity contribution in [1.29, 1.82) is 0 Å². The first-order valence-corrected chi connectivity index (χ1v) is 14.3. The second-order valence-electron chi connectivity index (χ2n) is 11.9. The summed E-state index contributed by atoms with van der Waals surface area (Å²) in [7, 11) is 0. The Morgan fingerprint density at radius 1 is 0.553 bits per heavy atom. The van der Waals surface area contributed by atoms with Crippen molar-refractivity contribution < 1.29 is 9.47 Å². The third kappa shape index (κ3) is 4.02. The van der Waals surface area contributed by atoms with Crippen LogP contribution in [0.15, 0.2) is 97.1 Å². The van der Waals surface area contributed by atoms with Crippen LogP contribution in [-0.2, 0) is 5.41 Å². The Morgan fingerprint density at radius 3 is 1.45 bits per heavy atom. The quantitative estimate of drug-likeness (QED) is 0.262. The SMILES string of the molecule is Cc1ccc(Oc2ccc(C3(c4ccc(Oc5ccc(C)cc5)cc4)CC4CC3C3CCCC43)cc2)cc1. The van der Waals surface area contributed by atoms with Gasteiger partial charge in [0, 0.05) is 5.41 Å². The van der Waals surface area contributed by atoms with E-state index in [9.17, 15) is 0 Å². The van der Waals surface area contributed by atoms with Crippen molar-refractivity contribution in [3.63, 3.8) is 0 Å². The Kier molecular flexibility index (Phi) is 5.80. The first-order valence-electron chi connectivity index (χ1n) is 14.3. The predicted molar refractivity (Wildman–Crippen MR) is 153 cm³/mol. The minimum absolute atomic E-state index is 0.0704. The zero-order valence-electron chi connectivity index (χ0n) is 22.4. The van der Waals surface area contributed by atoms with Gasteiger partial charge in [0.15, 0.2) is 0 Å². The molecule has 3 aliphatic carbocycles. The lowest BCUT2D eigenvalue weighted by atomic mass is 9.59. The minimum atomic E-state index is 0.0704. The first-order chi connectivity index (χ1) is 18.6. The van der Waals surface area contributed by atoms with Crippen LogP contribution in [0.3, 0.4) is 0 Å². The van der Waals surface area contributed by atoms with Gasteiger partial charge in [0.1, 0.15) is 23.0 Å². The predicted octanol–water partition coefficient (Wildman–Crippen LogP) is 9.63. The van der Waals surface area contributed by atoms with Gasteiger partial charge in [-0.05, 0) is 123 Å². The topological polar surface area (TPSA) is 18.5 Å². The van der Waals surface area contributed by atoms with E-state index in [1.54, 1.807) is 0 Å². The highest BCUT2D eigenvalue weighted by Gasteiger charge is 2.61. The molecule has 4 aromatic carbocycles. The molecule has 3 fully saturated rings. The molecule has 0 aliphatic heterocycles. The van der Waals surface area contributed by atoms with Gasteiger partial charge in [0.25, 0.3) is 0 Å². The first kappa shape index (κ1) is 23.6. The van der Waals surface area contributed by atoms with Crippen LogP contribution in [-0.4, -0.2) is 0 Å². The highest BCUT2D eigenvalue weighted by atomic mass is 16.5. The second kappa shape index (κ2) is 9.34. The van der Waals surface area contributed by atoms with Crippen LogP contribution >= 0.6 is 0 Å². The Bertz CT molecular complexity index is 1310. The molecule has 0 saturated heterocycles. The summed E-state index contributed by atoms with van der Waals surface area (Å²) in [5.41, 5.74) is 5.44. The highest BCUT2D eigenvalue weighted by molar-refractivity contribution is 5.48. The lowest BCUT2D eigenvalue weighted by Gasteiger charge is -2.44. The molecule has 192 valence electrons. The monoisotopic (exact) mass is 500 g/mol. The third-order valence-corrected chi connectivity index (χ3v) is 9.77. The van der Waals surface area contributed by atoms with E-state index in [4.69, 9.17) is 9.47 Å². The van der Waals surface area contributed by atoms with Crippen molar-refractivity contribution >= 4 is 0 Å². The molecule has 0 N–H and O–H groups in total. The highest BCUT2D eigenvalue weighted by Crippen LogP contribution is 2.68. The molecule has 2 bridgehead atoms. The van der Waals surface area contributed by atoms with Gasteiger partial charge < -0.3 is 9.47 Å². The molecule has 0 radical (unpaired) electrons. The summed E-state index contributed by atoms with van der Waals surface area (Å²) in [5, 5.41) is 0. The smallest absolute Gasteiger partial charge is 0.127 e. The maximum absolute atomic E-state index is 6.18. The van der Waals surface area contributed by atoms with Gasteiger partial charge in [-0.2, -0.15) is 0 Å². The van der Waals surface area contributed by atoms with Crippen molar-refractivity contribution in [3.8, 4) is 23.0 Å². The van der Waals surface area contributed by atoms with Crippen molar-refractivity contribution in [2.45, 2.75) is 51.4 Å². The molecule has 0 spiro atoms. The zero-order chi connectivity index (χ0) is 25.7. The van der Waals surface area contributed by atoms with E-state index in [0.717, 1.165) is 40.8 Å². The van der Waals surface area contributed by atoms with Crippen LogP contribution in [0.2, 0.25) is 0 Å². The number of hydrogen-bond acceptors (Lipinski definition) is 2. The van der Waals surface area contributed by atoms with Crippen LogP contribution in [0, 0.1) is 37.5 Å². The van der Waals surface area contributed by atoms with Gasteiger partial charge in [-0.3, -0.25) is 0 Å². The van der Waals surface area contributed by atoms with E-state index >= 15 is 0 Å². The summed E-state index contributed by atoms with van der Waals surface area (Å²) in [6.07, 6.45) is 6.88. The van der Waals surface area contributed by atoms with Crippen molar-refractivity contribution in [2.75, 3.05) is 0 Å². The maximum Gasteiger partial charge on any atom is 0.127 e. The van der Waals surface area contributed by atoms with Gasteiger partial charge in [-0.25, -0.2) is 0 Å². The Labute approximate surface area is 226 Å². The number of ether oxygens (including phenoxy) is 2. The fourth-order valence-corrected chi connectivity index (χ4v) is 8.10. The lowest BCUT2D eigenvalue weighted by molar-refractivity contribution is 0.181. The minimum Gasteiger partial charge on any atom is -0.457 e. The molecule has 3 aliphatic rings. The average molecular weight is 501 g/mol. The summed E-state index contributed by atoms with van der Waals surface area (Å²) in [6.45, 7) is 4.20. The van der Waals surface area contributed by atoms with E-state index in [0.29, 0.717) is 5.92 Å². The molecule has 0 amide bonds. The molecule has 2 nitrogen and oxygen atoms in total. The van der Waals surface area contributed by atoms with Crippen LogP contribution < -0.4 is 9.47 Å². The van der Waals surface area contributed by atoms with E-state index in [1.807, 2.05) is 24.3 Å². The normalized spacial score (nSPS) is 24.8. The largest absolute Gasteiger partial charge is 0.457 e. The van der Waals surface area contributed by atoms with E-state index in [2.05, 4.69) is 86.6 Å². The zero-order valence-corrected chi connectivity index (χ0v) is 22.4. The molecular formula is C36H36O2. The number of hydrogen-bond donors (Lipinski definition) is 0. The van der Waals surface area contributed by atoms with E-state index in [-0.39, 0.29) is 5.41 Å². The standard InChI is InChI=1S/C36H36O2/c1-24-6-14-29(15-7-24)37-31-18-10-27(11-19-31)36(23-26-22-35(36)34-5-3-4-33(26)34)28-12-20-32(21-13-28)38-30-16-8-25(2)9-17-30/h6-21,26,33-35H,3-5,22-23H2,1-2H3. The van der Waals surface area contributed by atoms with Gasteiger partial charge in [-0.1, -0.05) is 66.1 Å². The molecule has 38 heavy (non-hydrogen) atoms. The van der Waals surface area contributed by atoms with Crippen molar-refractivity contribution in [2.24, 2.45) is 23.7 Å². The van der Waals surface area contributed by atoms with Gasteiger partial charge >= 0.3 is 0 Å². The van der Waals surface area contributed by atoms with Crippen molar-refractivity contribution in [1.82, 2.24) is 0 Å². The van der Waals surface area contributed by atoms with Crippen LogP contribution in [0.25, 0.3) is 0 Å². The van der Waals surface area contributed by atoms with E-state index in [1.165, 1.54) is 54.4 Å². The number of rotatable bonds is 6. The Morgan fingerprint density at radius 2 is 0.974 bits per heavy atom. The second-order valence-corrected chi connectivity index (χ2v) is 11.9. The number of fused-ring (bicyclic) bond motifs is 5. The Hall–Kier alpha value is -3.52. The molecule has 4 atom stereocenters. The summed E-state index contributed by atoms with van der Waals surface area (Å²) in [5.74, 6) is 6.94. The van der Waals surface area contributed by atoms with Gasteiger partial charge in [0.05, 0.1) is 0 Å². The summed E-state index contributed by atoms with van der Waals surface area (Å²) < 4.78 is 12.4. The van der Waals surface area contributed by atoms with Gasteiger partial charge in [0.2, 0.25) is 0 Å². The molecular weight excluding hydrogens is 464 g/mol. The summed E-state index contributed by atoms with van der Waals surface area (Å²) >= 11 is 0. The average Bonchev–Trinajstić information content (AvgIpc) is 3.66. The summed E-state index contributed by atoms with van der Waals surface area (Å²) in [4.78, 5) is 0.